The molecule has 0 aliphatic carbocycles. The fourth-order valence-electron chi connectivity index (χ4n) is 2.19. The second-order valence-electron chi connectivity index (χ2n) is 4.50. The molecule has 0 amide bonds. The summed E-state index contributed by atoms with van der Waals surface area (Å²) in [4.78, 5) is 4.29. The molecule has 106 valence electrons. The van der Waals surface area contributed by atoms with Crippen molar-refractivity contribution in [3.63, 3.8) is 0 Å². The Bertz CT molecular complexity index is 819. The first-order valence-electron chi connectivity index (χ1n) is 6.27. The molecule has 1 N–H and O–H groups in total. The van der Waals surface area contributed by atoms with Crippen molar-refractivity contribution in [3.8, 4) is 11.5 Å². The van der Waals surface area contributed by atoms with Crippen molar-refractivity contribution in [1.29, 1.82) is 0 Å². The topological polar surface area (TPSA) is 73.6 Å². The van der Waals surface area contributed by atoms with Gasteiger partial charge in [0.25, 0.3) is 0 Å². The fourth-order valence-corrected chi connectivity index (χ4v) is 2.80. The highest BCUT2D eigenvalue weighted by Crippen LogP contribution is 2.40. The van der Waals surface area contributed by atoms with Crippen LogP contribution < -0.4 is 14.8 Å². The van der Waals surface area contributed by atoms with Gasteiger partial charge in [0.15, 0.2) is 17.3 Å². The van der Waals surface area contributed by atoms with E-state index in [1.54, 1.807) is 18.7 Å². The van der Waals surface area contributed by atoms with E-state index in [2.05, 4.69) is 36.4 Å². The molecule has 1 aromatic carbocycles. The fraction of sp³-hybridized carbons (Fsp3) is 0.154. The molecule has 0 radical (unpaired) electrons. The van der Waals surface area contributed by atoms with Crippen molar-refractivity contribution in [3.05, 3.63) is 40.9 Å². The second kappa shape index (κ2) is 4.88. The predicted molar refractivity (Wildman–Crippen MR) is 78.4 cm³/mol. The van der Waals surface area contributed by atoms with Crippen molar-refractivity contribution in [2.45, 2.75) is 6.54 Å². The van der Waals surface area contributed by atoms with Gasteiger partial charge >= 0.3 is 0 Å². The van der Waals surface area contributed by atoms with Crippen LogP contribution in [-0.2, 0) is 6.54 Å². The Kier molecular flexibility index (Phi) is 2.88. The summed E-state index contributed by atoms with van der Waals surface area (Å²) in [5.41, 5.74) is 1.74. The number of fused-ring (bicyclic) bond motifs is 2. The summed E-state index contributed by atoms with van der Waals surface area (Å²) in [6.07, 6.45) is 5.14. The molecule has 8 heteroatoms. The molecule has 0 saturated heterocycles. The maximum Gasteiger partial charge on any atom is 0.231 e. The molecule has 7 nitrogen and oxygen atoms in total. The Balaban J connectivity index is 1.60. The number of rotatable bonds is 3. The summed E-state index contributed by atoms with van der Waals surface area (Å²) in [5, 5.41) is 11.2. The summed E-state index contributed by atoms with van der Waals surface area (Å²) in [5.74, 6) is 2.18. The van der Waals surface area contributed by atoms with Crippen LogP contribution in [0.5, 0.6) is 11.5 Å². The van der Waals surface area contributed by atoms with Crippen LogP contribution in [0.25, 0.3) is 5.65 Å². The largest absolute Gasteiger partial charge is 0.454 e. The zero-order valence-electron chi connectivity index (χ0n) is 10.8. The number of ether oxygens (including phenoxy) is 2. The number of hydrogen-bond acceptors (Lipinski definition) is 6. The average molecular weight is 348 g/mol. The number of aromatic nitrogens is 4. The zero-order valence-corrected chi connectivity index (χ0v) is 12.4. The lowest BCUT2D eigenvalue weighted by atomic mass is 10.2. The monoisotopic (exact) mass is 347 g/mol. The highest BCUT2D eigenvalue weighted by molar-refractivity contribution is 9.10. The van der Waals surface area contributed by atoms with Crippen molar-refractivity contribution < 1.29 is 9.47 Å². The first kappa shape index (κ1) is 12.4. The summed E-state index contributed by atoms with van der Waals surface area (Å²) in [7, 11) is 0. The van der Waals surface area contributed by atoms with Crippen molar-refractivity contribution in [2.75, 3.05) is 12.1 Å². The highest BCUT2D eigenvalue weighted by Gasteiger charge is 2.18. The van der Waals surface area contributed by atoms with Crippen LogP contribution in [-0.4, -0.2) is 26.4 Å². The van der Waals surface area contributed by atoms with Gasteiger partial charge < -0.3 is 14.8 Å². The summed E-state index contributed by atoms with van der Waals surface area (Å²) in [6.45, 7) is 0.847. The molecule has 3 heterocycles. The molecule has 0 fully saturated rings. The first-order chi connectivity index (χ1) is 10.3. The number of nitrogens with one attached hydrogen (secondary N) is 1. The van der Waals surface area contributed by atoms with Gasteiger partial charge in [-0.15, -0.1) is 10.2 Å². The standard InChI is InChI=1S/C13H10BrN5O2/c14-9-3-8(4-10-11(9)21-7-20-10)5-16-12-13-18-17-6-19(13)2-1-15-12/h1-4,6H,5,7H2,(H,15,16). The van der Waals surface area contributed by atoms with Gasteiger partial charge in [-0.1, -0.05) is 0 Å². The van der Waals surface area contributed by atoms with Gasteiger partial charge in [-0.05, 0) is 33.6 Å². The van der Waals surface area contributed by atoms with Crippen molar-refractivity contribution >= 4 is 27.4 Å². The van der Waals surface area contributed by atoms with Crippen LogP contribution in [0.3, 0.4) is 0 Å². The van der Waals surface area contributed by atoms with Crippen LogP contribution in [0.2, 0.25) is 0 Å². The Morgan fingerprint density at radius 3 is 3.24 bits per heavy atom. The summed E-state index contributed by atoms with van der Waals surface area (Å²) < 4.78 is 13.5. The van der Waals surface area contributed by atoms with Gasteiger partial charge in [0.2, 0.25) is 12.4 Å². The lowest BCUT2D eigenvalue weighted by Crippen LogP contribution is -2.03. The normalized spacial score (nSPS) is 12.8. The minimum Gasteiger partial charge on any atom is -0.454 e. The smallest absolute Gasteiger partial charge is 0.231 e. The SMILES string of the molecule is Brc1cc(CNc2nccn3cnnc23)cc2c1OCO2. The maximum atomic E-state index is 5.41. The van der Waals surface area contributed by atoms with Gasteiger partial charge in [-0.25, -0.2) is 4.98 Å². The minimum absolute atomic E-state index is 0.255. The molecule has 4 rings (SSSR count). The number of benzene rings is 1. The van der Waals surface area contributed by atoms with E-state index >= 15 is 0 Å². The maximum absolute atomic E-state index is 5.41. The third-order valence-electron chi connectivity index (χ3n) is 3.16. The van der Waals surface area contributed by atoms with E-state index in [1.165, 1.54) is 0 Å². The average Bonchev–Trinajstić information content (AvgIpc) is 3.13. The molecule has 0 atom stereocenters. The molecule has 3 aromatic rings. The van der Waals surface area contributed by atoms with E-state index in [0.29, 0.717) is 18.0 Å². The second-order valence-corrected chi connectivity index (χ2v) is 5.36. The lowest BCUT2D eigenvalue weighted by Gasteiger charge is -2.08. The Morgan fingerprint density at radius 1 is 1.33 bits per heavy atom. The van der Waals surface area contributed by atoms with E-state index in [-0.39, 0.29) is 6.79 Å². The van der Waals surface area contributed by atoms with E-state index in [9.17, 15) is 0 Å². The Hall–Kier alpha value is -2.35. The van der Waals surface area contributed by atoms with Crippen LogP contribution in [0.4, 0.5) is 5.82 Å². The third kappa shape index (κ3) is 2.17. The number of hydrogen-bond donors (Lipinski definition) is 1. The number of nitrogens with zero attached hydrogens (tertiary/aromatic N) is 4. The highest BCUT2D eigenvalue weighted by atomic mass is 79.9. The van der Waals surface area contributed by atoms with Crippen LogP contribution in [0.1, 0.15) is 5.56 Å². The molecule has 0 unspecified atom stereocenters. The molecular formula is C13H10BrN5O2. The van der Waals surface area contributed by atoms with Crippen molar-refractivity contribution in [2.24, 2.45) is 0 Å². The minimum atomic E-state index is 0.255. The van der Waals surface area contributed by atoms with E-state index in [0.717, 1.165) is 21.5 Å². The molecular weight excluding hydrogens is 338 g/mol. The van der Waals surface area contributed by atoms with Crippen LogP contribution in [0, 0.1) is 0 Å². The van der Waals surface area contributed by atoms with E-state index in [1.807, 2.05) is 16.5 Å². The van der Waals surface area contributed by atoms with Crippen molar-refractivity contribution in [1.82, 2.24) is 19.6 Å². The Labute approximate surface area is 128 Å². The van der Waals surface area contributed by atoms with Gasteiger partial charge in [0, 0.05) is 18.9 Å². The van der Waals surface area contributed by atoms with Gasteiger partial charge in [0.05, 0.1) is 4.47 Å². The lowest BCUT2D eigenvalue weighted by molar-refractivity contribution is 0.173. The van der Waals surface area contributed by atoms with Gasteiger partial charge in [0.1, 0.15) is 6.33 Å². The molecule has 21 heavy (non-hydrogen) atoms. The summed E-state index contributed by atoms with van der Waals surface area (Å²) in [6, 6.07) is 3.94. The molecule has 2 aromatic heterocycles. The van der Waals surface area contributed by atoms with Gasteiger partial charge in [-0.2, -0.15) is 0 Å². The quantitative estimate of drug-likeness (QED) is 0.783. The van der Waals surface area contributed by atoms with Crippen LogP contribution >= 0.6 is 15.9 Å². The Morgan fingerprint density at radius 2 is 2.29 bits per heavy atom. The van der Waals surface area contributed by atoms with Crippen LogP contribution in [0.15, 0.2) is 35.3 Å². The number of anilines is 1. The summed E-state index contributed by atoms with van der Waals surface area (Å²) >= 11 is 3.48. The first-order valence-corrected chi connectivity index (χ1v) is 7.07. The molecule has 0 saturated carbocycles. The van der Waals surface area contributed by atoms with E-state index < -0.39 is 0 Å². The van der Waals surface area contributed by atoms with Gasteiger partial charge in [-0.3, -0.25) is 4.40 Å². The zero-order chi connectivity index (χ0) is 14.2. The molecule has 0 bridgehead atoms. The third-order valence-corrected chi connectivity index (χ3v) is 3.75. The molecule has 1 aliphatic rings. The van der Waals surface area contributed by atoms with E-state index in [4.69, 9.17) is 9.47 Å². The number of halogens is 1. The predicted octanol–water partition coefficient (Wildman–Crippen LogP) is 2.23. The molecule has 1 aliphatic heterocycles. The molecule has 0 spiro atoms.